The van der Waals surface area contributed by atoms with Gasteiger partial charge < -0.3 is 9.80 Å². The van der Waals surface area contributed by atoms with Crippen LogP contribution in [0.25, 0.3) is 34.1 Å². The van der Waals surface area contributed by atoms with Crippen molar-refractivity contribution in [2.75, 3.05) is 9.80 Å². The van der Waals surface area contributed by atoms with Crippen molar-refractivity contribution in [3.63, 3.8) is 0 Å². The second-order valence-corrected chi connectivity index (χ2v) is 16.8. The number of aryl methyl sites for hydroxylation is 2. The monoisotopic (exact) mass is 846 g/mol. The molecule has 0 heterocycles. The molecular weight excluding hydrogens is 797 g/mol. The van der Waals surface area contributed by atoms with Gasteiger partial charge in [-0.3, -0.25) is 0 Å². The average Bonchev–Trinajstić information content (AvgIpc) is 3.38. The van der Waals surface area contributed by atoms with E-state index in [-0.39, 0.29) is 0 Å². The molecule has 0 unspecified atom stereocenters. The molecule has 0 aliphatic heterocycles. The van der Waals surface area contributed by atoms with Crippen LogP contribution in [0, 0.1) is 13.8 Å². The number of hydrogen-bond donors (Lipinski definition) is 0. The molecule has 0 N–H and O–H groups in total. The fraction of sp³-hybridized carbons (Fsp3) is 0.0312. The van der Waals surface area contributed by atoms with Crippen LogP contribution in [0.15, 0.2) is 255 Å². The van der Waals surface area contributed by atoms with Crippen LogP contribution < -0.4 is 9.80 Å². The van der Waals surface area contributed by atoms with Crippen molar-refractivity contribution in [3.05, 3.63) is 299 Å². The highest BCUT2D eigenvalue weighted by Gasteiger charge is 2.21. The van der Waals surface area contributed by atoms with E-state index in [0.29, 0.717) is 0 Å². The number of anilines is 6. The first-order valence-corrected chi connectivity index (χ1v) is 22.7. The van der Waals surface area contributed by atoms with Gasteiger partial charge in [0.2, 0.25) is 0 Å². The van der Waals surface area contributed by atoms with Crippen LogP contribution in [0.3, 0.4) is 0 Å². The summed E-state index contributed by atoms with van der Waals surface area (Å²) >= 11 is 0. The number of benzene rings is 10. The van der Waals surface area contributed by atoms with Crippen molar-refractivity contribution in [3.8, 4) is 0 Å². The topological polar surface area (TPSA) is 6.48 Å². The molecule has 0 saturated carbocycles. The van der Waals surface area contributed by atoms with Crippen LogP contribution in [0.1, 0.15) is 44.5 Å². The second kappa shape index (κ2) is 19.1. The fourth-order valence-electron chi connectivity index (χ4n) is 8.81. The Kier molecular flexibility index (Phi) is 12.0. The normalized spacial score (nSPS) is 10.9. The number of hydrogen-bond acceptors (Lipinski definition) is 2. The highest BCUT2D eigenvalue weighted by Crippen LogP contribution is 2.45. The molecule has 0 aromatic heterocycles. The van der Waals surface area contributed by atoms with Gasteiger partial charge in [0, 0.05) is 33.5 Å². The van der Waals surface area contributed by atoms with E-state index in [1.165, 1.54) is 44.5 Å². The first kappa shape index (κ1) is 41.5. The summed E-state index contributed by atoms with van der Waals surface area (Å²) in [4.78, 5) is 4.78. The first-order valence-electron chi connectivity index (χ1n) is 22.7. The molecule has 0 fully saturated rings. The SMILES string of the molecule is Cc1ccc(N(c2ccc(C=C(c3ccccc3)c3ccccc3)cc2)c2ccc(N(c3ccc(C)cc3)c3ccc(C=C(c4ccccc4)c4ccccc4)cc3)c3ccccc23)cc1. The molecule has 0 bridgehead atoms. The smallest absolute Gasteiger partial charge is 0.0541 e. The average molecular weight is 847 g/mol. The van der Waals surface area contributed by atoms with Crippen LogP contribution in [0.2, 0.25) is 0 Å². The quantitative estimate of drug-likeness (QED) is 0.113. The van der Waals surface area contributed by atoms with E-state index >= 15 is 0 Å². The van der Waals surface area contributed by atoms with Gasteiger partial charge >= 0.3 is 0 Å². The van der Waals surface area contributed by atoms with Crippen LogP contribution in [-0.2, 0) is 0 Å². The Morgan fingerprint density at radius 1 is 0.273 bits per heavy atom. The van der Waals surface area contributed by atoms with Gasteiger partial charge in [-0.15, -0.1) is 0 Å². The van der Waals surface area contributed by atoms with E-state index in [4.69, 9.17) is 0 Å². The summed E-state index contributed by atoms with van der Waals surface area (Å²) in [6, 6.07) is 91.6. The third kappa shape index (κ3) is 8.99. The molecule has 10 rings (SSSR count). The lowest BCUT2D eigenvalue weighted by Crippen LogP contribution is -2.13. The van der Waals surface area contributed by atoms with E-state index in [2.05, 4.69) is 291 Å². The van der Waals surface area contributed by atoms with Gasteiger partial charge in [0.1, 0.15) is 0 Å². The highest BCUT2D eigenvalue weighted by molar-refractivity contribution is 6.07. The van der Waals surface area contributed by atoms with Gasteiger partial charge in [-0.1, -0.05) is 205 Å². The lowest BCUT2D eigenvalue weighted by molar-refractivity contribution is 1.27. The lowest BCUT2D eigenvalue weighted by Gasteiger charge is -2.31. The van der Waals surface area contributed by atoms with Crippen LogP contribution >= 0.6 is 0 Å². The summed E-state index contributed by atoms with van der Waals surface area (Å²) in [6.45, 7) is 4.29. The second-order valence-electron chi connectivity index (χ2n) is 16.8. The van der Waals surface area contributed by atoms with E-state index in [0.717, 1.165) is 56.0 Å². The maximum Gasteiger partial charge on any atom is 0.0541 e. The first-order chi connectivity index (χ1) is 32.6. The number of fused-ring (bicyclic) bond motifs is 1. The summed E-state index contributed by atoms with van der Waals surface area (Å²) in [6.07, 6.45) is 4.59. The zero-order valence-electron chi connectivity index (χ0n) is 37.3. The Morgan fingerprint density at radius 3 is 0.818 bits per heavy atom. The van der Waals surface area contributed by atoms with Crippen molar-refractivity contribution < 1.29 is 0 Å². The van der Waals surface area contributed by atoms with E-state index in [9.17, 15) is 0 Å². The summed E-state index contributed by atoms with van der Waals surface area (Å²) < 4.78 is 0. The predicted octanol–water partition coefficient (Wildman–Crippen LogP) is 17.6. The Labute approximate surface area is 389 Å². The third-order valence-corrected chi connectivity index (χ3v) is 12.2. The van der Waals surface area contributed by atoms with E-state index in [1.807, 2.05) is 0 Å². The van der Waals surface area contributed by atoms with E-state index < -0.39 is 0 Å². The van der Waals surface area contributed by atoms with E-state index in [1.54, 1.807) is 0 Å². The van der Waals surface area contributed by atoms with Gasteiger partial charge in [-0.2, -0.15) is 0 Å². The van der Waals surface area contributed by atoms with Crippen LogP contribution in [0.5, 0.6) is 0 Å². The Hall–Kier alpha value is -8.46. The largest absolute Gasteiger partial charge is 0.310 e. The molecule has 0 radical (unpaired) electrons. The molecule has 10 aromatic carbocycles. The minimum Gasteiger partial charge on any atom is -0.310 e. The highest BCUT2D eigenvalue weighted by atomic mass is 15.2. The van der Waals surface area contributed by atoms with Crippen molar-refractivity contribution in [1.29, 1.82) is 0 Å². The van der Waals surface area contributed by atoms with Crippen LogP contribution in [-0.4, -0.2) is 0 Å². The molecule has 0 atom stereocenters. The number of nitrogens with zero attached hydrogens (tertiary/aromatic N) is 2. The molecule has 66 heavy (non-hydrogen) atoms. The summed E-state index contributed by atoms with van der Waals surface area (Å²) in [7, 11) is 0. The summed E-state index contributed by atoms with van der Waals surface area (Å²) in [5.41, 5.74) is 18.4. The molecule has 316 valence electrons. The summed E-state index contributed by atoms with van der Waals surface area (Å²) in [5, 5.41) is 2.31. The molecule has 2 heteroatoms. The minimum absolute atomic E-state index is 1.08. The maximum atomic E-state index is 2.39. The van der Waals surface area contributed by atoms with Crippen molar-refractivity contribution in [2.45, 2.75) is 13.8 Å². The van der Waals surface area contributed by atoms with Gasteiger partial charge in [0.25, 0.3) is 0 Å². The van der Waals surface area contributed by atoms with Gasteiger partial charge in [0.05, 0.1) is 11.4 Å². The number of rotatable bonds is 12. The predicted molar refractivity (Wildman–Crippen MR) is 283 cm³/mol. The van der Waals surface area contributed by atoms with Crippen molar-refractivity contribution >= 4 is 68.2 Å². The van der Waals surface area contributed by atoms with Gasteiger partial charge in [0.15, 0.2) is 0 Å². The van der Waals surface area contributed by atoms with Gasteiger partial charge in [-0.25, -0.2) is 0 Å². The summed E-state index contributed by atoms with van der Waals surface area (Å²) in [5.74, 6) is 0. The Bertz CT molecular complexity index is 2940. The standard InChI is InChI=1S/C64H50N2/c1-47-27-35-55(36-28-47)65(57-39-31-49(32-40-57)45-61(51-17-7-3-8-18-51)52-19-9-4-10-20-52)63-43-44-64(60-26-16-15-25-59(60)63)66(56-37-29-48(2)30-38-56)58-41-33-50(34-42-58)46-62(53-21-11-5-12-22-53)54-23-13-6-14-24-54/h3-46H,1-2H3. The molecule has 10 aromatic rings. The molecule has 0 saturated heterocycles. The minimum atomic E-state index is 1.08. The lowest BCUT2D eigenvalue weighted by atomic mass is 9.95. The van der Waals surface area contributed by atoms with Gasteiger partial charge in [-0.05, 0) is 131 Å². The molecule has 0 aliphatic rings. The Balaban J connectivity index is 1.07. The molecule has 0 aliphatic carbocycles. The molecule has 0 amide bonds. The van der Waals surface area contributed by atoms with Crippen molar-refractivity contribution in [2.24, 2.45) is 0 Å². The molecule has 0 spiro atoms. The zero-order chi connectivity index (χ0) is 44.7. The molecule has 2 nitrogen and oxygen atoms in total. The maximum absolute atomic E-state index is 2.39. The zero-order valence-corrected chi connectivity index (χ0v) is 37.3. The Morgan fingerprint density at radius 2 is 0.530 bits per heavy atom. The molecular formula is C64H50N2. The third-order valence-electron chi connectivity index (χ3n) is 12.2. The fourth-order valence-corrected chi connectivity index (χ4v) is 8.81. The van der Waals surface area contributed by atoms with Crippen LogP contribution in [0.4, 0.5) is 34.1 Å². The van der Waals surface area contributed by atoms with Crippen molar-refractivity contribution in [1.82, 2.24) is 0 Å².